The quantitative estimate of drug-likeness (QED) is 0.706. The van der Waals surface area contributed by atoms with Crippen molar-refractivity contribution in [2.24, 2.45) is 5.92 Å². The molecule has 0 bridgehead atoms. The molecule has 0 saturated heterocycles. The standard InChI is InChI=1S/C16H24O3/c1-3-5-6-13(4-2)10-17-11-14-7-8-15-16(9-14)19-12-18-15/h7-9,13H,3-6,10-12H2,1-2H3. The highest BCUT2D eigenvalue weighted by Gasteiger charge is 2.13. The largest absolute Gasteiger partial charge is 0.454 e. The van der Waals surface area contributed by atoms with Crippen LogP contribution in [0.5, 0.6) is 11.5 Å². The summed E-state index contributed by atoms with van der Waals surface area (Å²) in [6.07, 6.45) is 5.03. The fraction of sp³-hybridized carbons (Fsp3) is 0.625. The molecule has 0 aliphatic carbocycles. The summed E-state index contributed by atoms with van der Waals surface area (Å²) in [6.45, 7) is 6.31. The minimum atomic E-state index is 0.328. The molecule has 2 rings (SSSR count). The topological polar surface area (TPSA) is 27.7 Å². The molecule has 3 heteroatoms. The van der Waals surface area contributed by atoms with Gasteiger partial charge in [-0.05, 0) is 30.0 Å². The Bertz CT molecular complexity index is 390. The van der Waals surface area contributed by atoms with Crippen LogP contribution >= 0.6 is 0 Å². The molecule has 1 heterocycles. The summed E-state index contributed by atoms with van der Waals surface area (Å²) in [6, 6.07) is 6.01. The summed E-state index contributed by atoms with van der Waals surface area (Å²) < 4.78 is 16.5. The zero-order valence-electron chi connectivity index (χ0n) is 12.0. The van der Waals surface area contributed by atoms with Crippen LogP contribution in [-0.4, -0.2) is 13.4 Å². The van der Waals surface area contributed by atoms with E-state index < -0.39 is 0 Å². The normalized spacial score (nSPS) is 14.6. The zero-order valence-corrected chi connectivity index (χ0v) is 12.0. The minimum absolute atomic E-state index is 0.328. The van der Waals surface area contributed by atoms with Crippen LogP contribution in [0.3, 0.4) is 0 Å². The molecule has 1 unspecified atom stereocenters. The van der Waals surface area contributed by atoms with E-state index in [4.69, 9.17) is 14.2 Å². The molecule has 3 nitrogen and oxygen atoms in total. The van der Waals surface area contributed by atoms with Crippen molar-refractivity contribution in [2.45, 2.75) is 46.1 Å². The second kappa shape index (κ2) is 7.39. The summed E-state index contributed by atoms with van der Waals surface area (Å²) >= 11 is 0. The fourth-order valence-electron chi connectivity index (χ4n) is 2.27. The summed E-state index contributed by atoms with van der Waals surface area (Å²) in [4.78, 5) is 0. The van der Waals surface area contributed by atoms with E-state index in [0.717, 1.165) is 23.7 Å². The molecule has 19 heavy (non-hydrogen) atoms. The van der Waals surface area contributed by atoms with E-state index >= 15 is 0 Å². The highest BCUT2D eigenvalue weighted by atomic mass is 16.7. The number of fused-ring (bicyclic) bond motifs is 1. The number of hydrogen-bond acceptors (Lipinski definition) is 3. The first kappa shape index (κ1) is 14.2. The van der Waals surface area contributed by atoms with E-state index in [9.17, 15) is 0 Å². The Morgan fingerprint density at radius 3 is 2.84 bits per heavy atom. The third kappa shape index (κ3) is 4.13. The van der Waals surface area contributed by atoms with Crippen LogP contribution in [0.1, 0.15) is 45.1 Å². The lowest BCUT2D eigenvalue weighted by molar-refractivity contribution is 0.0818. The number of benzene rings is 1. The maximum absolute atomic E-state index is 5.83. The van der Waals surface area contributed by atoms with E-state index in [1.54, 1.807) is 0 Å². The molecule has 0 radical (unpaired) electrons. The van der Waals surface area contributed by atoms with Crippen molar-refractivity contribution in [3.8, 4) is 11.5 Å². The van der Waals surface area contributed by atoms with Gasteiger partial charge in [0.2, 0.25) is 6.79 Å². The molecule has 1 aromatic rings. The predicted octanol–water partition coefficient (Wildman–Crippen LogP) is 4.15. The van der Waals surface area contributed by atoms with Crippen LogP contribution in [0.25, 0.3) is 0 Å². The van der Waals surface area contributed by atoms with Gasteiger partial charge in [-0.3, -0.25) is 0 Å². The zero-order chi connectivity index (χ0) is 13.5. The molecule has 0 fully saturated rings. The van der Waals surface area contributed by atoms with Gasteiger partial charge in [0.25, 0.3) is 0 Å². The Morgan fingerprint density at radius 1 is 1.21 bits per heavy atom. The molecule has 106 valence electrons. The van der Waals surface area contributed by atoms with Crippen LogP contribution < -0.4 is 9.47 Å². The van der Waals surface area contributed by atoms with Crippen molar-refractivity contribution < 1.29 is 14.2 Å². The van der Waals surface area contributed by atoms with Crippen LogP contribution in [-0.2, 0) is 11.3 Å². The second-order valence-corrected chi connectivity index (χ2v) is 5.12. The summed E-state index contributed by atoms with van der Waals surface area (Å²) in [5, 5.41) is 0. The van der Waals surface area contributed by atoms with E-state index in [-0.39, 0.29) is 0 Å². The third-order valence-corrected chi connectivity index (χ3v) is 3.60. The van der Waals surface area contributed by atoms with E-state index in [2.05, 4.69) is 13.8 Å². The fourth-order valence-corrected chi connectivity index (χ4v) is 2.27. The van der Waals surface area contributed by atoms with Crippen molar-refractivity contribution in [1.82, 2.24) is 0 Å². The Hall–Kier alpha value is -1.22. The minimum Gasteiger partial charge on any atom is -0.454 e. The molecular weight excluding hydrogens is 240 g/mol. The van der Waals surface area contributed by atoms with Crippen LogP contribution in [0.4, 0.5) is 0 Å². The predicted molar refractivity (Wildman–Crippen MR) is 75.5 cm³/mol. The molecule has 0 saturated carbocycles. The SMILES string of the molecule is CCCCC(CC)COCc1ccc2c(c1)OCO2. The van der Waals surface area contributed by atoms with Crippen molar-refractivity contribution in [3.05, 3.63) is 23.8 Å². The summed E-state index contributed by atoms with van der Waals surface area (Å²) in [7, 11) is 0. The van der Waals surface area contributed by atoms with Gasteiger partial charge in [0.05, 0.1) is 6.61 Å². The number of hydrogen-bond donors (Lipinski definition) is 0. The maximum atomic E-state index is 5.83. The molecule has 1 aliphatic heterocycles. The van der Waals surface area contributed by atoms with Gasteiger partial charge in [-0.15, -0.1) is 0 Å². The maximum Gasteiger partial charge on any atom is 0.231 e. The van der Waals surface area contributed by atoms with Gasteiger partial charge in [-0.25, -0.2) is 0 Å². The van der Waals surface area contributed by atoms with Gasteiger partial charge < -0.3 is 14.2 Å². The first-order chi connectivity index (χ1) is 9.33. The van der Waals surface area contributed by atoms with Crippen molar-refractivity contribution in [2.75, 3.05) is 13.4 Å². The first-order valence-electron chi connectivity index (χ1n) is 7.29. The third-order valence-electron chi connectivity index (χ3n) is 3.60. The van der Waals surface area contributed by atoms with Gasteiger partial charge in [-0.1, -0.05) is 39.2 Å². The second-order valence-electron chi connectivity index (χ2n) is 5.12. The van der Waals surface area contributed by atoms with E-state index in [0.29, 0.717) is 19.3 Å². The molecule has 0 spiro atoms. The van der Waals surface area contributed by atoms with E-state index in [1.807, 2.05) is 18.2 Å². The van der Waals surface area contributed by atoms with Gasteiger partial charge in [0, 0.05) is 6.61 Å². The van der Waals surface area contributed by atoms with Crippen molar-refractivity contribution >= 4 is 0 Å². The van der Waals surface area contributed by atoms with Crippen LogP contribution in [0.2, 0.25) is 0 Å². The van der Waals surface area contributed by atoms with Crippen molar-refractivity contribution in [1.29, 1.82) is 0 Å². The molecule has 1 aromatic carbocycles. The lowest BCUT2D eigenvalue weighted by atomic mass is 10.0. The number of rotatable bonds is 8. The van der Waals surface area contributed by atoms with E-state index in [1.165, 1.54) is 25.7 Å². The molecule has 0 amide bonds. The number of ether oxygens (including phenoxy) is 3. The Kier molecular flexibility index (Phi) is 5.52. The average molecular weight is 264 g/mol. The average Bonchev–Trinajstić information content (AvgIpc) is 2.90. The molecule has 0 N–H and O–H groups in total. The summed E-state index contributed by atoms with van der Waals surface area (Å²) in [5.74, 6) is 2.35. The molecule has 0 aromatic heterocycles. The van der Waals surface area contributed by atoms with Gasteiger partial charge in [-0.2, -0.15) is 0 Å². The van der Waals surface area contributed by atoms with Gasteiger partial charge in [0.15, 0.2) is 11.5 Å². The Morgan fingerprint density at radius 2 is 2.05 bits per heavy atom. The number of unbranched alkanes of at least 4 members (excludes halogenated alkanes) is 1. The Labute approximate surface area is 115 Å². The first-order valence-corrected chi connectivity index (χ1v) is 7.29. The van der Waals surface area contributed by atoms with Gasteiger partial charge >= 0.3 is 0 Å². The van der Waals surface area contributed by atoms with Crippen LogP contribution in [0, 0.1) is 5.92 Å². The molecule has 1 aliphatic rings. The monoisotopic (exact) mass is 264 g/mol. The molecular formula is C16H24O3. The van der Waals surface area contributed by atoms with Crippen molar-refractivity contribution in [3.63, 3.8) is 0 Å². The summed E-state index contributed by atoms with van der Waals surface area (Å²) in [5.41, 5.74) is 1.15. The lowest BCUT2D eigenvalue weighted by Gasteiger charge is -2.14. The molecule has 1 atom stereocenters. The lowest BCUT2D eigenvalue weighted by Crippen LogP contribution is -2.08. The highest BCUT2D eigenvalue weighted by molar-refractivity contribution is 5.44. The Balaban J connectivity index is 1.75. The highest BCUT2D eigenvalue weighted by Crippen LogP contribution is 2.32. The van der Waals surface area contributed by atoms with Gasteiger partial charge in [0.1, 0.15) is 0 Å². The van der Waals surface area contributed by atoms with Crippen LogP contribution in [0.15, 0.2) is 18.2 Å². The smallest absolute Gasteiger partial charge is 0.231 e.